The van der Waals surface area contributed by atoms with Crippen molar-refractivity contribution in [2.75, 3.05) is 4.90 Å². The molecule has 1 heterocycles. The Labute approximate surface area is 121 Å². The number of hydrogen-bond acceptors (Lipinski definition) is 2. The van der Waals surface area contributed by atoms with Crippen LogP contribution < -0.4 is 10.2 Å². The van der Waals surface area contributed by atoms with Gasteiger partial charge in [0.1, 0.15) is 12.1 Å². The number of nitrogens with one attached hydrogen (secondary N) is 1. The molecule has 1 aromatic rings. The minimum Gasteiger partial charge on any atom is -0.343 e. The molecular weight excluding hydrogens is 287 g/mol. The van der Waals surface area contributed by atoms with Crippen molar-refractivity contribution in [3.05, 3.63) is 28.2 Å². The number of anilines is 1. The van der Waals surface area contributed by atoms with Crippen LogP contribution in [0.4, 0.5) is 5.69 Å². The summed E-state index contributed by atoms with van der Waals surface area (Å²) in [6.07, 6.45) is 0.507. The molecule has 2 amide bonds. The lowest BCUT2D eigenvalue weighted by molar-refractivity contribution is -0.133. The zero-order chi connectivity index (χ0) is 14.2. The molecule has 19 heavy (non-hydrogen) atoms. The molecule has 1 aromatic carbocycles. The third-order valence-corrected chi connectivity index (χ3v) is 3.69. The molecule has 102 valence electrons. The number of benzene rings is 1. The molecule has 1 aliphatic heterocycles. The van der Waals surface area contributed by atoms with Gasteiger partial charge in [-0.3, -0.25) is 14.5 Å². The van der Waals surface area contributed by atoms with Gasteiger partial charge in [0, 0.05) is 5.02 Å². The number of hydrogen-bond donors (Lipinski definition) is 1. The summed E-state index contributed by atoms with van der Waals surface area (Å²) in [4.78, 5) is 25.7. The number of rotatable bonds is 2. The van der Waals surface area contributed by atoms with E-state index in [9.17, 15) is 9.59 Å². The van der Waals surface area contributed by atoms with E-state index in [1.165, 1.54) is 4.90 Å². The van der Waals surface area contributed by atoms with Crippen LogP contribution in [0.15, 0.2) is 18.2 Å². The fourth-order valence-corrected chi connectivity index (χ4v) is 2.55. The van der Waals surface area contributed by atoms with Crippen molar-refractivity contribution in [3.63, 3.8) is 0 Å². The molecule has 0 aliphatic carbocycles. The summed E-state index contributed by atoms with van der Waals surface area (Å²) in [7, 11) is 0. The van der Waals surface area contributed by atoms with Crippen LogP contribution in [0, 0.1) is 0 Å². The van der Waals surface area contributed by atoms with Crippen molar-refractivity contribution < 1.29 is 9.59 Å². The lowest BCUT2D eigenvalue weighted by Crippen LogP contribution is -2.62. The first-order chi connectivity index (χ1) is 8.95. The normalized spacial score (nSPS) is 23.5. The van der Waals surface area contributed by atoms with E-state index in [4.69, 9.17) is 23.2 Å². The highest BCUT2D eigenvalue weighted by Crippen LogP contribution is 2.32. The minimum absolute atomic E-state index is 0.175. The first-order valence-corrected chi connectivity index (χ1v) is 6.79. The summed E-state index contributed by atoms with van der Waals surface area (Å²) in [5.41, 5.74) is 0.479. The second kappa shape index (κ2) is 5.39. The van der Waals surface area contributed by atoms with Gasteiger partial charge in [0.2, 0.25) is 11.8 Å². The van der Waals surface area contributed by atoms with Gasteiger partial charge >= 0.3 is 0 Å². The Kier molecular flexibility index (Phi) is 4.02. The molecule has 0 radical (unpaired) electrons. The number of carbonyl (C=O) groups excluding carboxylic acids is 2. The van der Waals surface area contributed by atoms with Crippen LogP contribution in [-0.2, 0) is 9.59 Å². The molecule has 0 aromatic heterocycles. The number of piperazine rings is 1. The quantitative estimate of drug-likeness (QED) is 0.913. The molecule has 1 aliphatic rings. The predicted octanol–water partition coefficient (Wildman–Crippen LogP) is 2.62. The number of carbonyl (C=O) groups is 2. The van der Waals surface area contributed by atoms with Crippen molar-refractivity contribution in [2.45, 2.75) is 32.4 Å². The summed E-state index contributed by atoms with van der Waals surface area (Å²) in [5.74, 6) is -0.360. The fraction of sp³-hybridized carbons (Fsp3) is 0.385. The second-order valence-electron chi connectivity index (χ2n) is 4.46. The molecule has 0 spiro atoms. The van der Waals surface area contributed by atoms with E-state index >= 15 is 0 Å². The van der Waals surface area contributed by atoms with Crippen LogP contribution >= 0.6 is 23.2 Å². The molecule has 0 bridgehead atoms. The van der Waals surface area contributed by atoms with Crippen molar-refractivity contribution in [1.82, 2.24) is 5.32 Å². The Bertz CT molecular complexity index is 533. The van der Waals surface area contributed by atoms with E-state index in [0.717, 1.165) is 0 Å². The van der Waals surface area contributed by atoms with Crippen LogP contribution in [0.1, 0.15) is 20.3 Å². The molecular formula is C13H14Cl2N2O2. The van der Waals surface area contributed by atoms with Gasteiger partial charge < -0.3 is 5.32 Å². The summed E-state index contributed by atoms with van der Waals surface area (Å²) in [6.45, 7) is 3.50. The molecule has 2 rings (SSSR count). The van der Waals surface area contributed by atoms with Crippen LogP contribution in [0.3, 0.4) is 0 Å². The maximum absolute atomic E-state index is 12.3. The van der Waals surface area contributed by atoms with E-state index < -0.39 is 12.1 Å². The second-order valence-corrected chi connectivity index (χ2v) is 5.30. The third kappa shape index (κ3) is 2.55. The Balaban J connectivity index is 2.51. The average Bonchev–Trinajstić information content (AvgIpc) is 2.36. The summed E-state index contributed by atoms with van der Waals surface area (Å²) in [5, 5.41) is 3.53. The number of halogens is 2. The molecule has 1 saturated heterocycles. The maximum atomic E-state index is 12.3. The zero-order valence-electron chi connectivity index (χ0n) is 10.6. The molecule has 2 atom stereocenters. The van der Waals surface area contributed by atoms with E-state index in [1.54, 1.807) is 25.1 Å². The average molecular weight is 301 g/mol. The van der Waals surface area contributed by atoms with E-state index in [-0.39, 0.29) is 11.8 Å². The topological polar surface area (TPSA) is 49.4 Å². The predicted molar refractivity (Wildman–Crippen MR) is 75.6 cm³/mol. The molecule has 6 heteroatoms. The monoisotopic (exact) mass is 300 g/mol. The minimum atomic E-state index is -0.564. The van der Waals surface area contributed by atoms with Gasteiger partial charge in [-0.25, -0.2) is 0 Å². The summed E-state index contributed by atoms with van der Waals surface area (Å²) < 4.78 is 0. The maximum Gasteiger partial charge on any atom is 0.250 e. The number of amides is 2. The van der Waals surface area contributed by atoms with E-state index in [1.807, 2.05) is 6.92 Å². The Morgan fingerprint density at radius 3 is 2.63 bits per heavy atom. The smallest absolute Gasteiger partial charge is 0.250 e. The van der Waals surface area contributed by atoms with Crippen LogP contribution in [0.5, 0.6) is 0 Å². The molecule has 1 fully saturated rings. The van der Waals surface area contributed by atoms with Crippen molar-refractivity contribution >= 4 is 40.7 Å². The van der Waals surface area contributed by atoms with Crippen LogP contribution in [-0.4, -0.2) is 23.9 Å². The largest absolute Gasteiger partial charge is 0.343 e. The molecule has 2 unspecified atom stereocenters. The van der Waals surface area contributed by atoms with Gasteiger partial charge in [0.25, 0.3) is 0 Å². The third-order valence-electron chi connectivity index (χ3n) is 3.14. The van der Waals surface area contributed by atoms with E-state index in [2.05, 4.69) is 5.32 Å². The molecule has 4 nitrogen and oxygen atoms in total. The lowest BCUT2D eigenvalue weighted by atomic mass is 10.0. The van der Waals surface area contributed by atoms with Gasteiger partial charge in [0.05, 0.1) is 10.7 Å². The SMILES string of the molecule is CCC1C(=O)NC(C)C(=O)N1c1cc(Cl)ccc1Cl. The highest BCUT2D eigenvalue weighted by atomic mass is 35.5. The zero-order valence-corrected chi connectivity index (χ0v) is 12.1. The number of nitrogens with zero attached hydrogens (tertiary/aromatic N) is 1. The first-order valence-electron chi connectivity index (χ1n) is 6.04. The Morgan fingerprint density at radius 2 is 2.00 bits per heavy atom. The first kappa shape index (κ1) is 14.2. The lowest BCUT2D eigenvalue weighted by Gasteiger charge is -2.37. The molecule has 0 saturated carbocycles. The van der Waals surface area contributed by atoms with Gasteiger partial charge in [-0.2, -0.15) is 0 Å². The van der Waals surface area contributed by atoms with Gasteiger partial charge in [0.15, 0.2) is 0 Å². The van der Waals surface area contributed by atoms with Gasteiger partial charge in [-0.05, 0) is 31.5 Å². The standard InChI is InChI=1S/C13H14Cl2N2O2/c1-3-10-12(18)16-7(2)13(19)17(10)11-6-8(14)4-5-9(11)15/h4-7,10H,3H2,1-2H3,(H,16,18). The van der Waals surface area contributed by atoms with Gasteiger partial charge in [-0.1, -0.05) is 30.1 Å². The van der Waals surface area contributed by atoms with Crippen LogP contribution in [0.25, 0.3) is 0 Å². The Hall–Kier alpha value is -1.26. The highest BCUT2D eigenvalue weighted by molar-refractivity contribution is 6.36. The van der Waals surface area contributed by atoms with Crippen molar-refractivity contribution in [2.24, 2.45) is 0 Å². The van der Waals surface area contributed by atoms with Crippen LogP contribution in [0.2, 0.25) is 10.0 Å². The highest BCUT2D eigenvalue weighted by Gasteiger charge is 2.39. The van der Waals surface area contributed by atoms with E-state index in [0.29, 0.717) is 22.2 Å². The molecule has 1 N–H and O–H groups in total. The fourth-order valence-electron chi connectivity index (χ4n) is 2.18. The summed E-state index contributed by atoms with van der Waals surface area (Å²) in [6, 6.07) is 3.75. The summed E-state index contributed by atoms with van der Waals surface area (Å²) >= 11 is 12.1. The Morgan fingerprint density at radius 1 is 1.32 bits per heavy atom. The van der Waals surface area contributed by atoms with Crippen molar-refractivity contribution in [3.8, 4) is 0 Å². The van der Waals surface area contributed by atoms with Crippen molar-refractivity contribution in [1.29, 1.82) is 0 Å². The van der Waals surface area contributed by atoms with Gasteiger partial charge in [-0.15, -0.1) is 0 Å².